The van der Waals surface area contributed by atoms with Crippen molar-refractivity contribution >= 4 is 17.5 Å². The van der Waals surface area contributed by atoms with E-state index in [0.717, 1.165) is 5.56 Å². The van der Waals surface area contributed by atoms with Gasteiger partial charge < -0.3 is 4.74 Å². The minimum absolute atomic E-state index is 0.173. The highest BCUT2D eigenvalue weighted by molar-refractivity contribution is 6.12. The monoisotopic (exact) mass is 264 g/mol. The van der Waals surface area contributed by atoms with Crippen LogP contribution < -0.4 is 0 Å². The van der Waals surface area contributed by atoms with Crippen LogP contribution in [0.5, 0.6) is 0 Å². The van der Waals surface area contributed by atoms with Crippen molar-refractivity contribution < 1.29 is 14.3 Å². The van der Waals surface area contributed by atoms with E-state index in [9.17, 15) is 9.59 Å². The standard InChI is InChI=1S/C17H12O3/c1-11-5-4-6-12(9-11)15(18)10-16-13-7-2-3-8-14(13)17(19)20-16/h2-10H,1H3/b16-10+. The molecule has 1 aliphatic heterocycles. The number of carbonyl (C=O) groups excluding carboxylic acids is 2. The lowest BCUT2D eigenvalue weighted by Crippen LogP contribution is -1.97. The zero-order chi connectivity index (χ0) is 14.1. The van der Waals surface area contributed by atoms with Crippen molar-refractivity contribution in [3.63, 3.8) is 0 Å². The summed E-state index contributed by atoms with van der Waals surface area (Å²) in [5.74, 6) is -0.269. The summed E-state index contributed by atoms with van der Waals surface area (Å²) < 4.78 is 5.16. The minimum Gasteiger partial charge on any atom is -0.422 e. The highest BCUT2D eigenvalue weighted by Gasteiger charge is 2.26. The molecular formula is C17H12O3. The van der Waals surface area contributed by atoms with E-state index in [0.29, 0.717) is 22.4 Å². The van der Waals surface area contributed by atoms with Crippen molar-refractivity contribution in [1.29, 1.82) is 0 Å². The van der Waals surface area contributed by atoms with Crippen LogP contribution in [0, 0.1) is 6.92 Å². The van der Waals surface area contributed by atoms with Crippen molar-refractivity contribution in [3.8, 4) is 0 Å². The highest BCUT2D eigenvalue weighted by Crippen LogP contribution is 2.29. The number of aryl methyl sites for hydroxylation is 1. The average Bonchev–Trinajstić information content (AvgIpc) is 2.76. The summed E-state index contributed by atoms with van der Waals surface area (Å²) >= 11 is 0. The molecule has 0 saturated heterocycles. The van der Waals surface area contributed by atoms with Gasteiger partial charge in [-0.25, -0.2) is 4.79 Å². The molecule has 0 atom stereocenters. The number of ether oxygens (including phenoxy) is 1. The third-order valence-electron chi connectivity index (χ3n) is 3.18. The fourth-order valence-electron chi connectivity index (χ4n) is 2.19. The smallest absolute Gasteiger partial charge is 0.344 e. The first-order chi connectivity index (χ1) is 9.65. The van der Waals surface area contributed by atoms with Crippen LogP contribution in [0.25, 0.3) is 5.76 Å². The van der Waals surface area contributed by atoms with Gasteiger partial charge in [0.1, 0.15) is 5.76 Å². The SMILES string of the molecule is Cc1cccc(C(=O)/C=C2/OC(=O)c3ccccc32)c1. The van der Waals surface area contributed by atoms with Crippen LogP contribution in [0.3, 0.4) is 0 Å². The number of fused-ring (bicyclic) bond motifs is 1. The van der Waals surface area contributed by atoms with Crippen molar-refractivity contribution in [3.05, 3.63) is 76.9 Å². The van der Waals surface area contributed by atoms with Gasteiger partial charge in [-0.05, 0) is 19.1 Å². The van der Waals surface area contributed by atoms with Gasteiger partial charge in [0.25, 0.3) is 0 Å². The fraction of sp³-hybridized carbons (Fsp3) is 0.0588. The van der Waals surface area contributed by atoms with E-state index in [4.69, 9.17) is 4.74 Å². The summed E-state index contributed by atoms with van der Waals surface area (Å²) in [5.41, 5.74) is 2.75. The van der Waals surface area contributed by atoms with E-state index < -0.39 is 5.97 Å². The van der Waals surface area contributed by atoms with Gasteiger partial charge in [0.05, 0.1) is 5.56 Å². The van der Waals surface area contributed by atoms with Crippen LogP contribution in [-0.4, -0.2) is 11.8 Å². The van der Waals surface area contributed by atoms with Gasteiger partial charge in [-0.3, -0.25) is 4.79 Å². The molecule has 0 unspecified atom stereocenters. The lowest BCUT2D eigenvalue weighted by atomic mass is 10.0. The molecule has 0 radical (unpaired) electrons. The number of hydrogen-bond donors (Lipinski definition) is 0. The number of cyclic esters (lactones) is 1. The lowest BCUT2D eigenvalue weighted by Gasteiger charge is -2.00. The number of benzene rings is 2. The number of ketones is 1. The van der Waals surface area contributed by atoms with Crippen LogP contribution in [0.4, 0.5) is 0 Å². The molecule has 3 nitrogen and oxygen atoms in total. The number of rotatable bonds is 2. The molecule has 0 aromatic heterocycles. The van der Waals surface area contributed by atoms with Crippen LogP contribution in [0.1, 0.15) is 31.8 Å². The second kappa shape index (κ2) is 4.78. The molecule has 2 aromatic carbocycles. The molecule has 0 aliphatic carbocycles. The number of allylic oxidation sites excluding steroid dienone is 1. The van der Waals surface area contributed by atoms with Crippen LogP contribution >= 0.6 is 0 Å². The van der Waals surface area contributed by atoms with Gasteiger partial charge in [-0.1, -0.05) is 42.0 Å². The third-order valence-corrected chi connectivity index (χ3v) is 3.18. The third kappa shape index (κ3) is 2.14. The Hall–Kier alpha value is -2.68. The molecule has 2 aromatic rings. The van der Waals surface area contributed by atoms with Crippen LogP contribution in [0.2, 0.25) is 0 Å². The van der Waals surface area contributed by atoms with Crippen LogP contribution in [0.15, 0.2) is 54.6 Å². The lowest BCUT2D eigenvalue weighted by molar-refractivity contribution is 0.0715. The summed E-state index contributed by atoms with van der Waals surface area (Å²) in [7, 11) is 0. The molecule has 0 fully saturated rings. The maximum absolute atomic E-state index is 12.2. The van der Waals surface area contributed by atoms with Gasteiger partial charge in [0.2, 0.25) is 0 Å². The van der Waals surface area contributed by atoms with Crippen molar-refractivity contribution in [1.82, 2.24) is 0 Å². The summed E-state index contributed by atoms with van der Waals surface area (Å²) in [6.07, 6.45) is 1.37. The van der Waals surface area contributed by atoms with Crippen molar-refractivity contribution in [2.45, 2.75) is 6.92 Å². The van der Waals surface area contributed by atoms with E-state index >= 15 is 0 Å². The molecule has 0 saturated carbocycles. The number of esters is 1. The first-order valence-corrected chi connectivity index (χ1v) is 6.29. The zero-order valence-corrected chi connectivity index (χ0v) is 10.9. The Labute approximate surface area is 116 Å². The molecular weight excluding hydrogens is 252 g/mol. The van der Waals surface area contributed by atoms with E-state index in [-0.39, 0.29) is 5.78 Å². The summed E-state index contributed by atoms with van der Waals surface area (Å²) in [4.78, 5) is 23.9. The minimum atomic E-state index is -0.413. The molecule has 3 rings (SSSR count). The summed E-state index contributed by atoms with van der Waals surface area (Å²) in [5, 5.41) is 0. The van der Waals surface area contributed by atoms with Gasteiger partial charge >= 0.3 is 5.97 Å². The Balaban J connectivity index is 1.98. The molecule has 20 heavy (non-hydrogen) atoms. The summed E-state index contributed by atoms with van der Waals surface area (Å²) in [6, 6.07) is 14.4. The second-order valence-corrected chi connectivity index (χ2v) is 4.68. The molecule has 0 N–H and O–H groups in total. The quantitative estimate of drug-likeness (QED) is 0.474. The molecule has 98 valence electrons. The Morgan fingerprint density at radius 3 is 2.55 bits per heavy atom. The Morgan fingerprint density at radius 2 is 1.80 bits per heavy atom. The Kier molecular flexibility index (Phi) is 2.95. The molecule has 1 heterocycles. The zero-order valence-electron chi connectivity index (χ0n) is 10.9. The van der Waals surface area contributed by atoms with E-state index in [1.807, 2.05) is 31.2 Å². The number of hydrogen-bond acceptors (Lipinski definition) is 3. The molecule has 3 heteroatoms. The maximum atomic E-state index is 12.2. The van der Waals surface area contributed by atoms with Gasteiger partial charge in [-0.2, -0.15) is 0 Å². The van der Waals surface area contributed by atoms with Gasteiger partial charge in [0.15, 0.2) is 5.78 Å². The average molecular weight is 264 g/mol. The molecule has 1 aliphatic rings. The topological polar surface area (TPSA) is 43.4 Å². The number of carbonyl (C=O) groups is 2. The van der Waals surface area contributed by atoms with Crippen LogP contribution in [-0.2, 0) is 4.74 Å². The van der Waals surface area contributed by atoms with Gasteiger partial charge in [-0.15, -0.1) is 0 Å². The second-order valence-electron chi connectivity index (χ2n) is 4.68. The predicted octanol–water partition coefficient (Wildman–Crippen LogP) is 3.39. The van der Waals surface area contributed by atoms with E-state index in [2.05, 4.69) is 0 Å². The molecule has 0 spiro atoms. The van der Waals surface area contributed by atoms with E-state index in [1.54, 1.807) is 24.3 Å². The Bertz CT molecular complexity index is 741. The Morgan fingerprint density at radius 1 is 1.05 bits per heavy atom. The predicted molar refractivity (Wildman–Crippen MR) is 75.3 cm³/mol. The van der Waals surface area contributed by atoms with Gasteiger partial charge in [0, 0.05) is 17.2 Å². The van der Waals surface area contributed by atoms with Crippen molar-refractivity contribution in [2.75, 3.05) is 0 Å². The molecule has 0 amide bonds. The first kappa shape index (κ1) is 12.4. The highest BCUT2D eigenvalue weighted by atomic mass is 16.5. The van der Waals surface area contributed by atoms with Crippen molar-refractivity contribution in [2.24, 2.45) is 0 Å². The van der Waals surface area contributed by atoms with E-state index in [1.165, 1.54) is 6.08 Å². The normalized spacial score (nSPS) is 15.1. The first-order valence-electron chi connectivity index (χ1n) is 6.29. The fourth-order valence-corrected chi connectivity index (χ4v) is 2.19. The summed E-state index contributed by atoms with van der Waals surface area (Å²) in [6.45, 7) is 1.93. The maximum Gasteiger partial charge on any atom is 0.344 e. The molecule has 0 bridgehead atoms. The largest absolute Gasteiger partial charge is 0.422 e.